The molecule has 0 unspecified atom stereocenters. The summed E-state index contributed by atoms with van der Waals surface area (Å²) in [5.41, 5.74) is 5.16. The molecule has 0 aliphatic heterocycles. The molecule has 8 heteroatoms. The highest BCUT2D eigenvalue weighted by molar-refractivity contribution is 7.80. The van der Waals surface area contributed by atoms with Gasteiger partial charge in [0.05, 0.1) is 0 Å². The fourth-order valence-corrected chi connectivity index (χ4v) is 0.947. The molecule has 1 rings (SSSR count). The lowest BCUT2D eigenvalue weighted by atomic mass is 10.9. The van der Waals surface area contributed by atoms with Crippen LogP contribution in [0.1, 0.15) is 0 Å². The molecule has 0 radical (unpaired) electrons. The smallest absolute Gasteiger partial charge is 0.234 e. The zero-order valence-electron chi connectivity index (χ0n) is 5.58. The number of aromatic nitrogens is 3. The summed E-state index contributed by atoms with van der Waals surface area (Å²) in [7, 11) is 0. The van der Waals surface area contributed by atoms with Crippen LogP contribution in [0.3, 0.4) is 0 Å². The highest BCUT2D eigenvalue weighted by Gasteiger charge is 2.02. The Balaban J connectivity index is 2.93. The van der Waals surface area contributed by atoms with Crippen molar-refractivity contribution in [3.8, 4) is 0 Å². The normalized spacial score (nSPS) is 9.50. The van der Waals surface area contributed by atoms with Gasteiger partial charge in [-0.15, -0.1) is 0 Å². The maximum Gasteiger partial charge on any atom is 0.234 e. The van der Waals surface area contributed by atoms with Crippen molar-refractivity contribution in [1.82, 2.24) is 15.0 Å². The third kappa shape index (κ3) is 2.72. The van der Waals surface area contributed by atoms with E-state index in [0.717, 1.165) is 0 Å². The van der Waals surface area contributed by atoms with Crippen LogP contribution in [-0.4, -0.2) is 20.1 Å². The predicted molar refractivity (Wildman–Crippen MR) is 50.3 cm³/mol. The first-order valence-corrected chi connectivity index (χ1v) is 3.88. The summed E-state index contributed by atoms with van der Waals surface area (Å²) in [6.07, 6.45) is 0. The summed E-state index contributed by atoms with van der Waals surface area (Å²) in [5, 5.41) is 2.46. The van der Waals surface area contributed by atoms with Crippen LogP contribution < -0.4 is 11.1 Å². The average molecular weight is 224 g/mol. The Morgan fingerprint density at radius 2 is 1.75 bits per heavy atom. The maximum atomic E-state index is 5.46. The number of nitrogens with two attached hydrogens (primary N) is 1. The third-order valence-electron chi connectivity index (χ3n) is 0.816. The van der Waals surface area contributed by atoms with Gasteiger partial charge in [-0.25, -0.2) is 0 Å². The van der Waals surface area contributed by atoms with Gasteiger partial charge in [0.15, 0.2) is 5.11 Å². The van der Waals surface area contributed by atoms with E-state index >= 15 is 0 Å². The molecule has 64 valence electrons. The molecular formula is C4H3Cl2N5S. The second-order valence-corrected chi connectivity index (χ2v) is 2.80. The van der Waals surface area contributed by atoms with Gasteiger partial charge in [0, 0.05) is 0 Å². The van der Waals surface area contributed by atoms with Crippen LogP contribution in [0.2, 0.25) is 10.6 Å². The summed E-state index contributed by atoms with van der Waals surface area (Å²) in [6, 6.07) is 0. The maximum absolute atomic E-state index is 5.46. The summed E-state index contributed by atoms with van der Waals surface area (Å²) >= 11 is 15.5. The van der Waals surface area contributed by atoms with Crippen molar-refractivity contribution < 1.29 is 0 Å². The summed E-state index contributed by atoms with van der Waals surface area (Å²) in [6.45, 7) is 0. The lowest BCUT2D eigenvalue weighted by Gasteiger charge is -2.00. The first-order chi connectivity index (χ1) is 5.58. The van der Waals surface area contributed by atoms with E-state index in [1.54, 1.807) is 0 Å². The van der Waals surface area contributed by atoms with E-state index < -0.39 is 0 Å². The number of thiocarbonyl (C=S) groups is 1. The van der Waals surface area contributed by atoms with Crippen molar-refractivity contribution >= 4 is 46.5 Å². The van der Waals surface area contributed by atoms with E-state index in [2.05, 4.69) is 32.5 Å². The molecule has 5 nitrogen and oxygen atoms in total. The SMILES string of the molecule is NC(=S)Nc1nc(Cl)nc(Cl)n1. The molecule has 0 fully saturated rings. The fraction of sp³-hybridized carbons (Fsp3) is 0. The minimum atomic E-state index is -0.0197. The molecule has 12 heavy (non-hydrogen) atoms. The lowest BCUT2D eigenvalue weighted by Crippen LogP contribution is -2.20. The van der Waals surface area contributed by atoms with Gasteiger partial charge >= 0.3 is 0 Å². The van der Waals surface area contributed by atoms with Gasteiger partial charge in [0.2, 0.25) is 16.5 Å². The van der Waals surface area contributed by atoms with Crippen LogP contribution in [0.4, 0.5) is 5.95 Å². The quantitative estimate of drug-likeness (QED) is 0.688. The molecular weight excluding hydrogens is 221 g/mol. The first kappa shape index (κ1) is 9.37. The van der Waals surface area contributed by atoms with E-state index in [9.17, 15) is 0 Å². The summed E-state index contributed by atoms with van der Waals surface area (Å²) in [5.74, 6) is 0.132. The van der Waals surface area contributed by atoms with Crippen molar-refractivity contribution in [2.75, 3.05) is 5.32 Å². The number of anilines is 1. The van der Waals surface area contributed by atoms with E-state index in [0.29, 0.717) is 0 Å². The van der Waals surface area contributed by atoms with Crippen LogP contribution in [0.25, 0.3) is 0 Å². The number of hydrogen-bond donors (Lipinski definition) is 2. The number of nitrogens with one attached hydrogen (secondary N) is 1. The highest BCUT2D eigenvalue weighted by Crippen LogP contribution is 2.08. The van der Waals surface area contributed by atoms with Gasteiger partial charge in [0.25, 0.3) is 0 Å². The Bertz CT molecular complexity index is 296. The van der Waals surface area contributed by atoms with Crippen LogP contribution in [-0.2, 0) is 0 Å². The van der Waals surface area contributed by atoms with Crippen LogP contribution in [0.5, 0.6) is 0 Å². The van der Waals surface area contributed by atoms with Gasteiger partial charge < -0.3 is 11.1 Å². The second kappa shape index (κ2) is 3.79. The van der Waals surface area contributed by atoms with Crippen molar-refractivity contribution in [2.45, 2.75) is 0 Å². The molecule has 0 aliphatic carbocycles. The van der Waals surface area contributed by atoms with E-state index in [4.69, 9.17) is 28.9 Å². The zero-order valence-corrected chi connectivity index (χ0v) is 7.91. The third-order valence-corrected chi connectivity index (χ3v) is 1.26. The van der Waals surface area contributed by atoms with Crippen LogP contribution in [0.15, 0.2) is 0 Å². The largest absolute Gasteiger partial charge is 0.376 e. The lowest BCUT2D eigenvalue weighted by molar-refractivity contribution is 1.06. The Labute approximate surface area is 83.3 Å². The van der Waals surface area contributed by atoms with Gasteiger partial charge in [-0.2, -0.15) is 15.0 Å². The van der Waals surface area contributed by atoms with E-state index in [1.807, 2.05) is 0 Å². The molecule has 1 heterocycles. The predicted octanol–water partition coefficient (Wildman–Crippen LogP) is 0.834. The molecule has 0 bridgehead atoms. The minimum absolute atomic E-state index is 0.0197. The van der Waals surface area contributed by atoms with Gasteiger partial charge in [0.1, 0.15) is 0 Å². The van der Waals surface area contributed by atoms with Gasteiger partial charge in [-0.3, -0.25) is 0 Å². The monoisotopic (exact) mass is 223 g/mol. The molecule has 0 amide bonds. The summed E-state index contributed by atoms with van der Waals surface area (Å²) in [4.78, 5) is 10.8. The molecule has 0 aliphatic rings. The average Bonchev–Trinajstić information content (AvgIpc) is 1.81. The van der Waals surface area contributed by atoms with E-state index in [1.165, 1.54) is 0 Å². The molecule has 0 saturated heterocycles. The first-order valence-electron chi connectivity index (χ1n) is 2.71. The Hall–Kier alpha value is -0.720. The Morgan fingerprint density at radius 1 is 1.25 bits per heavy atom. The van der Waals surface area contributed by atoms with Crippen molar-refractivity contribution in [2.24, 2.45) is 5.73 Å². The standard InChI is InChI=1S/C4H3Cl2N5S/c5-1-8-2(6)10-4(9-1)11-3(7)12/h(H3,7,8,9,10,11,12). The minimum Gasteiger partial charge on any atom is -0.376 e. The topological polar surface area (TPSA) is 76.7 Å². The molecule has 1 aromatic rings. The van der Waals surface area contributed by atoms with E-state index in [-0.39, 0.29) is 21.6 Å². The van der Waals surface area contributed by atoms with Crippen molar-refractivity contribution in [3.05, 3.63) is 10.6 Å². The van der Waals surface area contributed by atoms with Crippen molar-refractivity contribution in [1.29, 1.82) is 0 Å². The van der Waals surface area contributed by atoms with Gasteiger partial charge in [-0.05, 0) is 35.4 Å². The molecule has 3 N–H and O–H groups in total. The molecule has 0 spiro atoms. The van der Waals surface area contributed by atoms with Crippen LogP contribution >= 0.6 is 35.4 Å². The number of hydrogen-bond acceptors (Lipinski definition) is 4. The molecule has 0 saturated carbocycles. The highest BCUT2D eigenvalue weighted by atomic mass is 35.5. The summed E-state index contributed by atoms with van der Waals surface area (Å²) < 4.78 is 0. The Kier molecular flexibility index (Phi) is 2.96. The zero-order chi connectivity index (χ0) is 9.14. The van der Waals surface area contributed by atoms with Crippen LogP contribution in [0, 0.1) is 0 Å². The number of halogens is 2. The number of rotatable bonds is 1. The molecule has 0 aromatic carbocycles. The van der Waals surface area contributed by atoms with Gasteiger partial charge in [-0.1, -0.05) is 0 Å². The second-order valence-electron chi connectivity index (χ2n) is 1.69. The number of nitrogens with zero attached hydrogens (tertiary/aromatic N) is 3. The molecule has 0 atom stereocenters. The molecule has 1 aromatic heterocycles. The van der Waals surface area contributed by atoms with Crippen molar-refractivity contribution in [3.63, 3.8) is 0 Å². The fourth-order valence-electron chi connectivity index (χ4n) is 0.492. The Morgan fingerprint density at radius 3 is 2.17 bits per heavy atom.